The molecule has 6 rings (SSSR count). The van der Waals surface area contributed by atoms with Crippen LogP contribution in [-0.2, 0) is 18.0 Å². The number of aromatic amines is 1. The Kier molecular flexibility index (Phi) is 4.08. The van der Waals surface area contributed by atoms with Gasteiger partial charge < -0.3 is 9.40 Å². The molecular formula is C27H23F3N2O. The summed E-state index contributed by atoms with van der Waals surface area (Å²) in [5.74, 6) is 0.222. The second kappa shape index (κ2) is 6.62. The van der Waals surface area contributed by atoms with Crippen LogP contribution in [-0.4, -0.2) is 9.97 Å². The molecule has 0 spiro atoms. The van der Waals surface area contributed by atoms with Gasteiger partial charge in [-0.15, -0.1) is 0 Å². The van der Waals surface area contributed by atoms with Crippen molar-refractivity contribution in [2.45, 2.75) is 51.6 Å². The third-order valence-electron chi connectivity index (χ3n) is 7.17. The van der Waals surface area contributed by atoms with Gasteiger partial charge in [0.15, 0.2) is 0 Å². The molecule has 0 atom stereocenters. The van der Waals surface area contributed by atoms with Crippen LogP contribution in [0.1, 0.15) is 48.9 Å². The number of hydrogen-bond donors (Lipinski definition) is 1. The predicted molar refractivity (Wildman–Crippen MR) is 125 cm³/mol. The van der Waals surface area contributed by atoms with Gasteiger partial charge in [0.1, 0.15) is 11.4 Å². The number of rotatable bonds is 1. The first-order valence-electron chi connectivity index (χ1n) is 11.2. The number of halogens is 3. The van der Waals surface area contributed by atoms with Crippen LogP contribution in [0.25, 0.3) is 44.2 Å². The van der Waals surface area contributed by atoms with Crippen LogP contribution >= 0.6 is 0 Å². The second-order valence-corrected chi connectivity index (χ2v) is 9.73. The first-order valence-corrected chi connectivity index (χ1v) is 11.2. The van der Waals surface area contributed by atoms with Gasteiger partial charge in [-0.2, -0.15) is 13.2 Å². The van der Waals surface area contributed by atoms with Gasteiger partial charge in [-0.05, 0) is 54.4 Å². The number of fused-ring (bicyclic) bond motifs is 8. The highest BCUT2D eigenvalue weighted by Gasteiger charge is 2.35. The van der Waals surface area contributed by atoms with E-state index in [9.17, 15) is 13.2 Å². The molecule has 0 unspecified atom stereocenters. The number of H-pyrrole nitrogens is 1. The van der Waals surface area contributed by atoms with Crippen molar-refractivity contribution in [3.63, 3.8) is 0 Å². The molecule has 2 heterocycles. The van der Waals surface area contributed by atoms with E-state index in [1.54, 1.807) is 12.3 Å². The lowest BCUT2D eigenvalue weighted by Crippen LogP contribution is -2.23. The number of nitrogens with zero attached hydrogens (tertiary/aromatic N) is 1. The van der Waals surface area contributed by atoms with Crippen molar-refractivity contribution in [1.29, 1.82) is 0 Å². The molecule has 0 bridgehead atoms. The minimum Gasteiger partial charge on any atom is -0.463 e. The Labute approximate surface area is 188 Å². The van der Waals surface area contributed by atoms with E-state index in [0.717, 1.165) is 58.2 Å². The summed E-state index contributed by atoms with van der Waals surface area (Å²) < 4.78 is 47.3. The zero-order valence-electron chi connectivity index (χ0n) is 18.7. The molecule has 5 aromatic rings. The Morgan fingerprint density at radius 3 is 2.64 bits per heavy atom. The van der Waals surface area contributed by atoms with E-state index in [1.165, 1.54) is 23.3 Å². The van der Waals surface area contributed by atoms with Gasteiger partial charge in [0.05, 0.1) is 22.9 Å². The van der Waals surface area contributed by atoms with E-state index in [-0.39, 0.29) is 16.8 Å². The summed E-state index contributed by atoms with van der Waals surface area (Å²) in [4.78, 5) is 8.06. The van der Waals surface area contributed by atoms with E-state index in [0.29, 0.717) is 5.52 Å². The lowest BCUT2D eigenvalue weighted by molar-refractivity contribution is -0.137. The minimum absolute atomic E-state index is 0.0319. The largest absolute Gasteiger partial charge is 0.463 e. The van der Waals surface area contributed by atoms with Gasteiger partial charge in [-0.1, -0.05) is 44.2 Å². The van der Waals surface area contributed by atoms with Crippen LogP contribution in [0.5, 0.6) is 0 Å². The molecule has 1 aliphatic carbocycles. The fourth-order valence-electron chi connectivity index (χ4n) is 5.60. The third-order valence-corrected chi connectivity index (χ3v) is 7.17. The summed E-state index contributed by atoms with van der Waals surface area (Å²) in [6.45, 7) is 6.45. The summed E-state index contributed by atoms with van der Waals surface area (Å²) in [7, 11) is 0. The van der Waals surface area contributed by atoms with Crippen LogP contribution < -0.4 is 0 Å². The number of aromatic nitrogens is 2. The highest BCUT2D eigenvalue weighted by atomic mass is 19.4. The maximum atomic E-state index is 13.8. The van der Waals surface area contributed by atoms with Crippen molar-refractivity contribution < 1.29 is 17.6 Å². The van der Waals surface area contributed by atoms with E-state index in [2.05, 4.69) is 31.0 Å². The molecule has 0 saturated heterocycles. The molecule has 0 aliphatic heterocycles. The number of nitrogens with one attached hydrogen (secondary N) is 1. The van der Waals surface area contributed by atoms with E-state index >= 15 is 0 Å². The van der Waals surface area contributed by atoms with E-state index < -0.39 is 11.7 Å². The summed E-state index contributed by atoms with van der Waals surface area (Å²) in [6, 6.07) is 9.86. The molecule has 3 nitrogen and oxygen atoms in total. The number of hydrogen-bond acceptors (Lipinski definition) is 2. The van der Waals surface area contributed by atoms with Crippen LogP contribution in [0.15, 0.2) is 47.1 Å². The van der Waals surface area contributed by atoms with Crippen LogP contribution in [0, 0.1) is 6.92 Å². The van der Waals surface area contributed by atoms with Crippen LogP contribution in [0.4, 0.5) is 13.2 Å². The fourth-order valence-corrected chi connectivity index (χ4v) is 5.60. The molecule has 1 N–H and O–H groups in total. The minimum atomic E-state index is -4.47. The van der Waals surface area contributed by atoms with Crippen LogP contribution in [0.3, 0.4) is 0 Å². The van der Waals surface area contributed by atoms with E-state index in [1.807, 2.05) is 6.92 Å². The molecule has 168 valence electrons. The van der Waals surface area contributed by atoms with E-state index in [4.69, 9.17) is 9.40 Å². The van der Waals surface area contributed by atoms with Gasteiger partial charge in [0, 0.05) is 21.7 Å². The van der Waals surface area contributed by atoms with Crippen molar-refractivity contribution in [1.82, 2.24) is 9.97 Å². The molecular weight excluding hydrogens is 425 g/mol. The maximum absolute atomic E-state index is 13.8. The molecule has 6 heteroatoms. The number of furan rings is 1. The van der Waals surface area contributed by atoms with Crippen molar-refractivity contribution in [2.75, 3.05) is 0 Å². The number of alkyl halides is 3. The van der Waals surface area contributed by atoms with Gasteiger partial charge in [0.2, 0.25) is 0 Å². The monoisotopic (exact) mass is 448 g/mol. The molecule has 2 aromatic heterocycles. The van der Waals surface area contributed by atoms with Crippen molar-refractivity contribution in [2.24, 2.45) is 0 Å². The number of aryl methyl sites for hydroxylation is 2. The van der Waals surface area contributed by atoms with Crippen molar-refractivity contribution >= 4 is 32.8 Å². The van der Waals surface area contributed by atoms with Gasteiger partial charge >= 0.3 is 6.18 Å². The fraction of sp³-hybridized carbons (Fsp3) is 0.296. The summed E-state index contributed by atoms with van der Waals surface area (Å²) >= 11 is 0. The molecule has 1 aliphatic rings. The highest BCUT2D eigenvalue weighted by molar-refractivity contribution is 6.24. The summed E-state index contributed by atoms with van der Waals surface area (Å²) in [5.41, 5.74) is 5.01. The van der Waals surface area contributed by atoms with Gasteiger partial charge in [0.25, 0.3) is 0 Å². The first-order chi connectivity index (χ1) is 15.7. The Morgan fingerprint density at radius 2 is 1.85 bits per heavy atom. The lowest BCUT2D eigenvalue weighted by Gasteiger charge is -2.33. The molecule has 0 amide bonds. The molecule has 3 aromatic carbocycles. The van der Waals surface area contributed by atoms with Gasteiger partial charge in [-0.25, -0.2) is 4.98 Å². The molecule has 0 saturated carbocycles. The van der Waals surface area contributed by atoms with Crippen molar-refractivity contribution in [3.05, 3.63) is 64.9 Å². The number of benzene rings is 3. The van der Waals surface area contributed by atoms with Crippen LogP contribution in [0.2, 0.25) is 0 Å². The quantitative estimate of drug-likeness (QED) is 0.282. The third kappa shape index (κ3) is 2.86. The second-order valence-electron chi connectivity index (χ2n) is 9.73. The average molecular weight is 448 g/mol. The maximum Gasteiger partial charge on any atom is 0.417 e. The van der Waals surface area contributed by atoms with Crippen molar-refractivity contribution in [3.8, 4) is 11.4 Å². The summed E-state index contributed by atoms with van der Waals surface area (Å²) in [5, 5.41) is 2.82. The zero-order chi connectivity index (χ0) is 23.1. The summed E-state index contributed by atoms with van der Waals surface area (Å²) in [6.07, 6.45) is 0.308. The molecule has 33 heavy (non-hydrogen) atoms. The molecule has 0 fully saturated rings. The Morgan fingerprint density at radius 1 is 1.06 bits per heavy atom. The topological polar surface area (TPSA) is 41.8 Å². The molecule has 0 radical (unpaired) electrons. The predicted octanol–water partition coefficient (Wildman–Crippen LogP) is 8.07. The lowest BCUT2D eigenvalue weighted by atomic mass is 9.71. The Bertz CT molecular complexity index is 1570. The highest BCUT2D eigenvalue weighted by Crippen LogP contribution is 2.46. The SMILES string of the molecule is Cc1coc2c3ccc4c(c3c3nc(-c5ccccc5C(F)(F)F)[nH]c3c12)CCCC4(C)C. The normalized spacial score (nSPS) is 16.1. The zero-order valence-corrected chi connectivity index (χ0v) is 18.7. The standard InChI is InChI=1S/C27H23F3N2O/c1-14-13-33-24-17-10-11-18-15(8-6-12-26(18,2)3)21(17)23-22(20(14)24)31-25(32-23)16-7-4-5-9-19(16)27(28,29)30/h4-5,7,9-11,13H,6,8,12H2,1-3H3,(H,31,32). The smallest absolute Gasteiger partial charge is 0.417 e. The Hall–Kier alpha value is -3.28. The average Bonchev–Trinajstić information content (AvgIpc) is 3.36. The Balaban J connectivity index is 1.78. The first kappa shape index (κ1) is 20.3. The van der Waals surface area contributed by atoms with Gasteiger partial charge in [-0.3, -0.25) is 0 Å². The number of imidazole rings is 1.